The van der Waals surface area contributed by atoms with E-state index in [4.69, 9.17) is 5.84 Å². The Morgan fingerprint density at radius 1 is 1.55 bits per heavy atom. The highest BCUT2D eigenvalue weighted by molar-refractivity contribution is 5.83. The van der Waals surface area contributed by atoms with Gasteiger partial charge in [-0.05, 0) is 19.8 Å². The van der Waals surface area contributed by atoms with Gasteiger partial charge in [0.05, 0.1) is 5.41 Å². The number of aromatic nitrogens is 2. The molecule has 1 aromatic heterocycles. The van der Waals surface area contributed by atoms with Crippen molar-refractivity contribution in [3.8, 4) is 0 Å². The first-order valence-corrected chi connectivity index (χ1v) is 6.83. The Morgan fingerprint density at radius 2 is 2.30 bits per heavy atom. The smallest absolute Gasteiger partial charge is 0.227 e. The summed E-state index contributed by atoms with van der Waals surface area (Å²) in [5.74, 6) is 7.08. The lowest BCUT2D eigenvalue weighted by atomic mass is 9.89. The average molecular weight is 278 g/mol. The molecule has 110 valence electrons. The molecule has 0 bridgehead atoms. The Balaban J connectivity index is 2.29. The minimum absolute atomic E-state index is 0.0734. The van der Waals surface area contributed by atoms with Crippen LogP contribution in [0.1, 0.15) is 25.8 Å². The monoisotopic (exact) mass is 278 g/mol. The van der Waals surface area contributed by atoms with Crippen LogP contribution in [0.3, 0.4) is 0 Å². The number of rotatable bonds is 4. The van der Waals surface area contributed by atoms with E-state index >= 15 is 0 Å². The van der Waals surface area contributed by atoms with Crippen LogP contribution in [0.5, 0.6) is 0 Å². The summed E-state index contributed by atoms with van der Waals surface area (Å²) in [5.41, 5.74) is 3.22. The molecule has 1 amide bonds. The number of carbonyl (C=O) groups is 1. The van der Waals surface area contributed by atoms with Gasteiger partial charge >= 0.3 is 0 Å². The Labute approximate surface area is 118 Å². The molecule has 20 heavy (non-hydrogen) atoms. The zero-order valence-corrected chi connectivity index (χ0v) is 12.2. The lowest BCUT2D eigenvalue weighted by Crippen LogP contribution is -2.39. The highest BCUT2D eigenvalue weighted by Gasteiger charge is 2.40. The van der Waals surface area contributed by atoms with Gasteiger partial charge in [-0.1, -0.05) is 6.92 Å². The van der Waals surface area contributed by atoms with Crippen LogP contribution in [-0.2, 0) is 11.2 Å². The van der Waals surface area contributed by atoms with Gasteiger partial charge in [0.15, 0.2) is 0 Å². The second-order valence-electron chi connectivity index (χ2n) is 5.33. The standard InChI is InChI=1S/C13H22N6O/c1-4-9-10(18-14)16-8-17-11(9)19-6-5-13(2,7-19)12(20)15-3/h8H,4-7,14H2,1-3H3,(H,15,20)(H,16,17,18). The zero-order valence-electron chi connectivity index (χ0n) is 12.2. The van der Waals surface area contributed by atoms with E-state index in [1.54, 1.807) is 7.05 Å². The summed E-state index contributed by atoms with van der Waals surface area (Å²) < 4.78 is 0. The van der Waals surface area contributed by atoms with E-state index in [-0.39, 0.29) is 11.3 Å². The number of hydrazine groups is 1. The molecular weight excluding hydrogens is 256 g/mol. The van der Waals surface area contributed by atoms with Crippen LogP contribution in [-0.4, -0.2) is 36.0 Å². The molecule has 0 aliphatic carbocycles. The third kappa shape index (κ3) is 2.40. The molecule has 0 saturated carbocycles. The van der Waals surface area contributed by atoms with Gasteiger partial charge in [-0.2, -0.15) is 0 Å². The van der Waals surface area contributed by atoms with Gasteiger partial charge < -0.3 is 15.6 Å². The molecule has 7 heteroatoms. The molecule has 7 nitrogen and oxygen atoms in total. The lowest BCUT2D eigenvalue weighted by Gasteiger charge is -2.25. The van der Waals surface area contributed by atoms with Crippen LogP contribution >= 0.6 is 0 Å². The van der Waals surface area contributed by atoms with E-state index in [1.807, 2.05) is 13.8 Å². The fraction of sp³-hybridized carbons (Fsp3) is 0.615. The molecule has 1 fully saturated rings. The number of nitrogen functional groups attached to an aromatic ring is 1. The summed E-state index contributed by atoms with van der Waals surface area (Å²) in [6.45, 7) is 5.48. The second-order valence-corrected chi connectivity index (χ2v) is 5.33. The Bertz CT molecular complexity index is 506. The fourth-order valence-electron chi connectivity index (χ4n) is 2.75. The van der Waals surface area contributed by atoms with Crippen molar-refractivity contribution in [2.75, 3.05) is 30.5 Å². The minimum atomic E-state index is -0.374. The van der Waals surface area contributed by atoms with Crippen molar-refractivity contribution in [1.29, 1.82) is 0 Å². The Hall–Kier alpha value is -1.89. The summed E-state index contributed by atoms with van der Waals surface area (Å²) >= 11 is 0. The Kier molecular flexibility index (Phi) is 4.08. The summed E-state index contributed by atoms with van der Waals surface area (Å²) in [6, 6.07) is 0. The molecule has 1 unspecified atom stereocenters. The van der Waals surface area contributed by atoms with Crippen LogP contribution < -0.4 is 21.5 Å². The third-order valence-corrected chi connectivity index (χ3v) is 3.96. The van der Waals surface area contributed by atoms with Crippen molar-refractivity contribution < 1.29 is 4.79 Å². The van der Waals surface area contributed by atoms with E-state index in [1.165, 1.54) is 6.33 Å². The Morgan fingerprint density at radius 3 is 2.90 bits per heavy atom. The summed E-state index contributed by atoms with van der Waals surface area (Å²) in [5, 5.41) is 2.74. The molecule has 1 aromatic rings. The highest BCUT2D eigenvalue weighted by atomic mass is 16.2. The van der Waals surface area contributed by atoms with Gasteiger partial charge in [0.25, 0.3) is 0 Å². The molecule has 0 aromatic carbocycles. The maximum atomic E-state index is 12.0. The largest absolute Gasteiger partial charge is 0.359 e. The van der Waals surface area contributed by atoms with Gasteiger partial charge in [0, 0.05) is 25.7 Å². The highest BCUT2D eigenvalue weighted by Crippen LogP contribution is 2.35. The number of nitrogens with two attached hydrogens (primary N) is 1. The molecule has 0 spiro atoms. The molecule has 1 atom stereocenters. The van der Waals surface area contributed by atoms with E-state index in [0.29, 0.717) is 12.4 Å². The normalized spacial score (nSPS) is 21.9. The van der Waals surface area contributed by atoms with Gasteiger partial charge in [-0.25, -0.2) is 15.8 Å². The quantitative estimate of drug-likeness (QED) is 0.541. The van der Waals surface area contributed by atoms with Gasteiger partial charge in [0.1, 0.15) is 18.0 Å². The topological polar surface area (TPSA) is 96.2 Å². The van der Waals surface area contributed by atoms with Crippen LogP contribution in [0.4, 0.5) is 11.6 Å². The van der Waals surface area contributed by atoms with Crippen molar-refractivity contribution in [1.82, 2.24) is 15.3 Å². The summed E-state index contributed by atoms with van der Waals surface area (Å²) in [6.07, 6.45) is 3.09. The number of carbonyl (C=O) groups excluding carboxylic acids is 1. The number of nitrogens with one attached hydrogen (secondary N) is 2. The summed E-state index contributed by atoms with van der Waals surface area (Å²) in [7, 11) is 1.68. The van der Waals surface area contributed by atoms with E-state index in [9.17, 15) is 4.79 Å². The summed E-state index contributed by atoms with van der Waals surface area (Å²) in [4.78, 5) is 22.6. The van der Waals surface area contributed by atoms with Crippen molar-refractivity contribution >= 4 is 17.5 Å². The van der Waals surface area contributed by atoms with Crippen molar-refractivity contribution in [3.63, 3.8) is 0 Å². The molecule has 1 saturated heterocycles. The number of anilines is 2. The molecule has 1 aliphatic rings. The first kappa shape index (κ1) is 14.5. The third-order valence-electron chi connectivity index (χ3n) is 3.96. The van der Waals surface area contributed by atoms with Gasteiger partial charge in [-0.3, -0.25) is 4.79 Å². The van der Waals surface area contributed by atoms with E-state index < -0.39 is 0 Å². The number of hydrogen-bond donors (Lipinski definition) is 3. The van der Waals surface area contributed by atoms with E-state index in [2.05, 4.69) is 25.6 Å². The van der Waals surface area contributed by atoms with E-state index in [0.717, 1.165) is 30.8 Å². The molecule has 0 radical (unpaired) electrons. The predicted molar refractivity (Wildman–Crippen MR) is 78.2 cm³/mol. The first-order valence-electron chi connectivity index (χ1n) is 6.83. The van der Waals surface area contributed by atoms with Crippen molar-refractivity contribution in [2.24, 2.45) is 11.3 Å². The lowest BCUT2D eigenvalue weighted by molar-refractivity contribution is -0.128. The van der Waals surface area contributed by atoms with Gasteiger partial charge in [-0.15, -0.1) is 0 Å². The first-order chi connectivity index (χ1) is 9.55. The minimum Gasteiger partial charge on any atom is -0.359 e. The van der Waals surface area contributed by atoms with Crippen LogP contribution in [0.15, 0.2) is 6.33 Å². The van der Waals surface area contributed by atoms with Crippen molar-refractivity contribution in [2.45, 2.75) is 26.7 Å². The second kappa shape index (κ2) is 5.62. The maximum absolute atomic E-state index is 12.0. The zero-order chi connectivity index (χ0) is 14.8. The van der Waals surface area contributed by atoms with Crippen LogP contribution in [0.25, 0.3) is 0 Å². The predicted octanol–water partition coefficient (Wildman–Crippen LogP) is 0.287. The number of nitrogens with zero attached hydrogens (tertiary/aromatic N) is 3. The molecule has 2 heterocycles. The average Bonchev–Trinajstić information content (AvgIpc) is 2.88. The molecule has 2 rings (SSSR count). The van der Waals surface area contributed by atoms with Crippen LogP contribution in [0.2, 0.25) is 0 Å². The molecule has 4 N–H and O–H groups in total. The number of hydrogen-bond acceptors (Lipinski definition) is 6. The molecular formula is C13H22N6O. The van der Waals surface area contributed by atoms with Crippen LogP contribution in [0, 0.1) is 5.41 Å². The van der Waals surface area contributed by atoms with Crippen molar-refractivity contribution in [3.05, 3.63) is 11.9 Å². The fourth-order valence-corrected chi connectivity index (χ4v) is 2.75. The maximum Gasteiger partial charge on any atom is 0.227 e. The molecule has 1 aliphatic heterocycles. The number of amides is 1. The van der Waals surface area contributed by atoms with Gasteiger partial charge in [0.2, 0.25) is 5.91 Å². The SMILES string of the molecule is CCc1c(NN)ncnc1N1CCC(C)(C(=O)NC)C1.